The third-order valence-electron chi connectivity index (χ3n) is 6.38. The second kappa shape index (κ2) is 7.16. The van der Waals surface area contributed by atoms with Gasteiger partial charge in [-0.2, -0.15) is 0 Å². The van der Waals surface area contributed by atoms with E-state index in [-0.39, 0.29) is 11.6 Å². The first-order chi connectivity index (χ1) is 12.6. The molecule has 1 atom stereocenters. The zero-order valence-electron chi connectivity index (χ0n) is 16.1. The van der Waals surface area contributed by atoms with E-state index in [0.717, 1.165) is 64.8 Å². The van der Waals surface area contributed by atoms with E-state index in [9.17, 15) is 4.79 Å². The summed E-state index contributed by atoms with van der Waals surface area (Å²) < 4.78 is 0. The first-order valence-electron chi connectivity index (χ1n) is 10.0. The number of amides is 1. The molecular weight excluding hydrogens is 326 g/mol. The molecule has 2 saturated heterocycles. The molecule has 1 spiro atoms. The first-order valence-corrected chi connectivity index (χ1v) is 10.0. The van der Waals surface area contributed by atoms with Gasteiger partial charge in [0.15, 0.2) is 0 Å². The van der Waals surface area contributed by atoms with Gasteiger partial charge in [-0.1, -0.05) is 11.6 Å². The molecule has 142 valence electrons. The Balaban J connectivity index is 1.53. The SMILES string of the molecule is CC(C)=CCN1CCc2[nH]cnc2C12CCN(C(=O)[C@H]1CCCN1)CC2. The Morgan fingerprint density at radius 1 is 1.35 bits per heavy atom. The minimum atomic E-state index is -0.0284. The summed E-state index contributed by atoms with van der Waals surface area (Å²) in [5, 5.41) is 3.35. The highest BCUT2D eigenvalue weighted by Gasteiger charge is 2.47. The van der Waals surface area contributed by atoms with Crippen molar-refractivity contribution in [2.75, 3.05) is 32.7 Å². The average Bonchev–Trinajstić information content (AvgIpc) is 3.33. The minimum Gasteiger partial charge on any atom is -0.348 e. The third-order valence-corrected chi connectivity index (χ3v) is 6.38. The highest BCUT2D eigenvalue weighted by Crippen LogP contribution is 2.42. The molecule has 4 rings (SSSR count). The Hall–Kier alpha value is -1.66. The molecule has 4 heterocycles. The molecule has 0 unspecified atom stereocenters. The lowest BCUT2D eigenvalue weighted by molar-refractivity contribution is -0.136. The Kier molecular flexibility index (Phi) is 4.88. The number of hydrogen-bond acceptors (Lipinski definition) is 4. The predicted molar refractivity (Wildman–Crippen MR) is 102 cm³/mol. The maximum absolute atomic E-state index is 12.8. The largest absolute Gasteiger partial charge is 0.348 e. The van der Waals surface area contributed by atoms with Gasteiger partial charge in [-0.15, -0.1) is 0 Å². The van der Waals surface area contributed by atoms with Crippen molar-refractivity contribution in [2.45, 2.75) is 57.5 Å². The van der Waals surface area contributed by atoms with Gasteiger partial charge in [0.25, 0.3) is 0 Å². The number of nitrogens with zero attached hydrogens (tertiary/aromatic N) is 3. The van der Waals surface area contributed by atoms with Crippen LogP contribution >= 0.6 is 0 Å². The van der Waals surface area contributed by atoms with Gasteiger partial charge in [-0.05, 0) is 46.1 Å². The van der Waals surface area contributed by atoms with Crippen LogP contribution in [0.2, 0.25) is 0 Å². The maximum Gasteiger partial charge on any atom is 0.239 e. The van der Waals surface area contributed by atoms with E-state index in [1.54, 1.807) is 0 Å². The molecule has 6 nitrogen and oxygen atoms in total. The number of imidazole rings is 1. The lowest BCUT2D eigenvalue weighted by Crippen LogP contribution is -2.58. The molecule has 26 heavy (non-hydrogen) atoms. The van der Waals surface area contributed by atoms with Gasteiger partial charge < -0.3 is 15.2 Å². The van der Waals surface area contributed by atoms with Crippen LogP contribution in [-0.4, -0.2) is 64.4 Å². The van der Waals surface area contributed by atoms with Crippen LogP contribution in [0.3, 0.4) is 0 Å². The Morgan fingerprint density at radius 2 is 2.15 bits per heavy atom. The molecular formula is C20H31N5O. The number of hydrogen-bond donors (Lipinski definition) is 2. The molecule has 3 aliphatic heterocycles. The van der Waals surface area contributed by atoms with Crippen molar-refractivity contribution in [1.29, 1.82) is 0 Å². The van der Waals surface area contributed by atoms with E-state index in [1.807, 2.05) is 6.33 Å². The van der Waals surface area contributed by atoms with E-state index in [2.05, 4.69) is 40.0 Å². The van der Waals surface area contributed by atoms with Gasteiger partial charge in [0.05, 0.1) is 23.6 Å². The number of piperidine rings is 1. The van der Waals surface area contributed by atoms with Crippen LogP contribution in [0, 0.1) is 0 Å². The van der Waals surface area contributed by atoms with E-state index >= 15 is 0 Å². The van der Waals surface area contributed by atoms with Crippen molar-refractivity contribution in [1.82, 2.24) is 25.1 Å². The highest BCUT2D eigenvalue weighted by molar-refractivity contribution is 5.82. The summed E-state index contributed by atoms with van der Waals surface area (Å²) in [6.07, 6.45) is 9.23. The Labute approximate surface area is 156 Å². The van der Waals surface area contributed by atoms with Gasteiger partial charge in [-0.25, -0.2) is 4.98 Å². The fourth-order valence-electron chi connectivity index (χ4n) is 4.85. The summed E-state index contributed by atoms with van der Waals surface area (Å²) >= 11 is 0. The maximum atomic E-state index is 12.8. The molecule has 0 saturated carbocycles. The van der Waals surface area contributed by atoms with Gasteiger partial charge >= 0.3 is 0 Å². The first kappa shape index (κ1) is 17.7. The van der Waals surface area contributed by atoms with Crippen LogP contribution in [0.4, 0.5) is 0 Å². The van der Waals surface area contributed by atoms with E-state index < -0.39 is 0 Å². The molecule has 1 amide bonds. The summed E-state index contributed by atoms with van der Waals surface area (Å²) in [6.45, 7) is 8.97. The molecule has 0 bridgehead atoms. The summed E-state index contributed by atoms with van der Waals surface area (Å²) in [6, 6.07) is 0.0399. The van der Waals surface area contributed by atoms with Crippen molar-refractivity contribution in [3.05, 3.63) is 29.4 Å². The van der Waals surface area contributed by atoms with Gasteiger partial charge in [0.2, 0.25) is 5.91 Å². The Morgan fingerprint density at radius 3 is 2.85 bits per heavy atom. The fourth-order valence-corrected chi connectivity index (χ4v) is 4.85. The Bertz CT molecular complexity index is 676. The van der Waals surface area contributed by atoms with Gasteiger partial charge in [0, 0.05) is 38.3 Å². The molecule has 0 aromatic carbocycles. The molecule has 3 aliphatic rings. The van der Waals surface area contributed by atoms with Crippen LogP contribution in [-0.2, 0) is 16.8 Å². The van der Waals surface area contributed by atoms with Crippen LogP contribution in [0.5, 0.6) is 0 Å². The minimum absolute atomic E-state index is 0.0284. The highest BCUT2D eigenvalue weighted by atomic mass is 16.2. The van der Waals surface area contributed by atoms with Gasteiger partial charge in [0.1, 0.15) is 0 Å². The topological polar surface area (TPSA) is 64.3 Å². The predicted octanol–water partition coefficient (Wildman–Crippen LogP) is 1.80. The second-order valence-electron chi connectivity index (χ2n) is 8.21. The molecule has 0 aliphatic carbocycles. The van der Waals surface area contributed by atoms with Crippen LogP contribution < -0.4 is 5.32 Å². The van der Waals surface area contributed by atoms with Crippen LogP contribution in [0.15, 0.2) is 18.0 Å². The number of aromatic amines is 1. The number of aromatic nitrogens is 2. The van der Waals surface area contributed by atoms with Crippen molar-refractivity contribution in [3.63, 3.8) is 0 Å². The average molecular weight is 358 g/mol. The molecule has 0 radical (unpaired) electrons. The number of allylic oxidation sites excluding steroid dienone is 1. The van der Waals surface area contributed by atoms with Crippen molar-refractivity contribution >= 4 is 5.91 Å². The van der Waals surface area contributed by atoms with E-state index in [4.69, 9.17) is 4.98 Å². The van der Waals surface area contributed by atoms with Crippen molar-refractivity contribution in [2.24, 2.45) is 0 Å². The number of likely N-dealkylation sites (tertiary alicyclic amines) is 1. The number of nitrogens with one attached hydrogen (secondary N) is 2. The molecule has 2 fully saturated rings. The van der Waals surface area contributed by atoms with Crippen LogP contribution in [0.1, 0.15) is 50.9 Å². The fraction of sp³-hybridized carbons (Fsp3) is 0.700. The molecule has 1 aromatic heterocycles. The lowest BCUT2D eigenvalue weighted by atomic mass is 9.78. The number of fused-ring (bicyclic) bond motifs is 2. The summed E-state index contributed by atoms with van der Waals surface area (Å²) in [5.74, 6) is 0.297. The number of carbonyl (C=O) groups excluding carboxylic acids is 1. The third kappa shape index (κ3) is 3.09. The number of carbonyl (C=O) groups is 1. The van der Waals surface area contributed by atoms with Crippen LogP contribution in [0.25, 0.3) is 0 Å². The molecule has 1 aromatic rings. The van der Waals surface area contributed by atoms with Crippen molar-refractivity contribution < 1.29 is 4.79 Å². The summed E-state index contributed by atoms with van der Waals surface area (Å²) in [4.78, 5) is 25.5. The smallest absolute Gasteiger partial charge is 0.239 e. The lowest BCUT2D eigenvalue weighted by Gasteiger charge is -2.50. The zero-order valence-corrected chi connectivity index (χ0v) is 16.1. The number of H-pyrrole nitrogens is 1. The van der Waals surface area contributed by atoms with E-state index in [0.29, 0.717) is 5.91 Å². The number of rotatable bonds is 3. The zero-order chi connectivity index (χ0) is 18.1. The van der Waals surface area contributed by atoms with Crippen molar-refractivity contribution in [3.8, 4) is 0 Å². The molecule has 6 heteroatoms. The summed E-state index contributed by atoms with van der Waals surface area (Å²) in [5.41, 5.74) is 3.83. The van der Waals surface area contributed by atoms with E-state index in [1.165, 1.54) is 17.0 Å². The normalized spacial score (nSPS) is 25.3. The standard InChI is InChI=1S/C20H31N5O/c1-15(2)5-10-25-11-6-16-18(23-14-22-16)20(25)7-12-24(13-8-20)19(26)17-4-3-9-21-17/h5,14,17,21H,3-4,6-13H2,1-2H3,(H,22,23)/t17-/m1/s1. The summed E-state index contributed by atoms with van der Waals surface area (Å²) in [7, 11) is 0. The quantitative estimate of drug-likeness (QED) is 0.810. The monoisotopic (exact) mass is 357 g/mol. The van der Waals surface area contributed by atoms with Gasteiger partial charge in [-0.3, -0.25) is 9.69 Å². The molecule has 2 N–H and O–H groups in total. The second-order valence-corrected chi connectivity index (χ2v) is 8.21.